The Morgan fingerprint density at radius 2 is 1.66 bits per heavy atom. The van der Waals surface area contributed by atoms with E-state index in [-0.39, 0.29) is 0 Å². The van der Waals surface area contributed by atoms with Gasteiger partial charge in [-0.3, -0.25) is 5.43 Å². The highest BCUT2D eigenvalue weighted by Crippen LogP contribution is 2.33. The molecule has 7 heteroatoms. The molecule has 3 aromatic rings. The van der Waals surface area contributed by atoms with E-state index in [1.165, 1.54) is 37.7 Å². The van der Waals surface area contributed by atoms with Crippen LogP contribution in [0.25, 0.3) is 0 Å². The van der Waals surface area contributed by atoms with Crippen LogP contribution in [0, 0.1) is 0 Å². The Labute approximate surface area is 231 Å². The minimum absolute atomic E-state index is 0.417. The normalized spacial score (nSPS) is 13.7. The minimum Gasteiger partial charge on any atom is -0.490 e. The van der Waals surface area contributed by atoms with Crippen LogP contribution in [0.4, 0.5) is 0 Å². The number of ether oxygens (including phenoxy) is 3. The second-order valence-electron chi connectivity index (χ2n) is 9.28. The van der Waals surface area contributed by atoms with Gasteiger partial charge in [-0.1, -0.05) is 61.7 Å². The average molecular weight is 532 g/mol. The maximum absolute atomic E-state index is 5.96. The third-order valence-corrected chi connectivity index (χ3v) is 6.75. The minimum atomic E-state index is 0.417. The standard InChI is InChI=1S/C31H37N3O3S/c1-2-35-30-21-25(23-33-34-31(38)32-22-24-9-5-3-6-10-24)13-18-29(30)37-20-19-36-28-16-14-27(15-17-28)26-11-7-4-8-12-26/h3,5-6,9-10,13-18,21,23,26H,2,4,7-8,11-12,19-20,22H2,1H3,(H2,32,34,38)/b33-23+. The van der Waals surface area contributed by atoms with Crippen LogP contribution in [0.2, 0.25) is 0 Å². The molecule has 0 atom stereocenters. The molecule has 1 fully saturated rings. The smallest absolute Gasteiger partial charge is 0.187 e. The molecule has 38 heavy (non-hydrogen) atoms. The van der Waals surface area contributed by atoms with E-state index in [0.717, 1.165) is 16.9 Å². The van der Waals surface area contributed by atoms with Gasteiger partial charge < -0.3 is 19.5 Å². The number of nitrogens with zero attached hydrogens (tertiary/aromatic N) is 1. The van der Waals surface area contributed by atoms with Gasteiger partial charge in [0.15, 0.2) is 16.6 Å². The number of hydrogen-bond donors (Lipinski definition) is 2. The second-order valence-corrected chi connectivity index (χ2v) is 9.69. The maximum atomic E-state index is 5.96. The Morgan fingerprint density at radius 3 is 2.42 bits per heavy atom. The highest BCUT2D eigenvalue weighted by atomic mass is 32.1. The van der Waals surface area contributed by atoms with Gasteiger partial charge in [-0.2, -0.15) is 5.10 Å². The molecule has 0 spiro atoms. The topological polar surface area (TPSA) is 64.1 Å². The zero-order chi connectivity index (χ0) is 26.4. The van der Waals surface area contributed by atoms with Crippen molar-refractivity contribution in [2.75, 3.05) is 19.8 Å². The summed E-state index contributed by atoms with van der Waals surface area (Å²) in [6, 6.07) is 24.3. The Morgan fingerprint density at radius 1 is 0.895 bits per heavy atom. The van der Waals surface area contributed by atoms with Gasteiger partial charge in [0.25, 0.3) is 0 Å². The SMILES string of the molecule is CCOc1cc(/C=N/NC(=S)NCc2ccccc2)ccc1OCCOc1ccc(C2CCCCC2)cc1. The lowest BCUT2D eigenvalue weighted by Crippen LogP contribution is -2.31. The first kappa shape index (κ1) is 27.5. The van der Waals surface area contributed by atoms with Crippen LogP contribution in [0.3, 0.4) is 0 Å². The number of thiocarbonyl (C=S) groups is 1. The molecule has 0 amide bonds. The largest absolute Gasteiger partial charge is 0.490 e. The van der Waals surface area contributed by atoms with Gasteiger partial charge in [-0.25, -0.2) is 0 Å². The van der Waals surface area contributed by atoms with Gasteiger partial charge in [0.2, 0.25) is 0 Å². The Balaban J connectivity index is 1.21. The van der Waals surface area contributed by atoms with Gasteiger partial charge in [0.05, 0.1) is 12.8 Å². The van der Waals surface area contributed by atoms with Gasteiger partial charge >= 0.3 is 0 Å². The van der Waals surface area contributed by atoms with Gasteiger partial charge in [-0.05, 0) is 84.9 Å². The van der Waals surface area contributed by atoms with E-state index >= 15 is 0 Å². The molecule has 1 aliphatic carbocycles. The molecule has 4 rings (SSSR count). The van der Waals surface area contributed by atoms with Crippen LogP contribution in [0.1, 0.15) is 61.6 Å². The van der Waals surface area contributed by atoms with Gasteiger partial charge in [0, 0.05) is 6.54 Å². The third kappa shape index (κ3) is 8.77. The van der Waals surface area contributed by atoms with Crippen molar-refractivity contribution in [3.63, 3.8) is 0 Å². The van der Waals surface area contributed by atoms with E-state index in [4.69, 9.17) is 26.4 Å². The van der Waals surface area contributed by atoms with E-state index in [2.05, 4.69) is 40.1 Å². The average Bonchev–Trinajstić information content (AvgIpc) is 2.96. The Hall–Kier alpha value is -3.58. The summed E-state index contributed by atoms with van der Waals surface area (Å²) >= 11 is 5.29. The summed E-state index contributed by atoms with van der Waals surface area (Å²) in [6.45, 7) is 3.99. The third-order valence-electron chi connectivity index (χ3n) is 6.51. The van der Waals surface area contributed by atoms with E-state index in [0.29, 0.717) is 48.9 Å². The Bertz CT molecular complexity index is 1160. The molecule has 1 saturated carbocycles. The zero-order valence-electron chi connectivity index (χ0n) is 22.0. The van der Waals surface area contributed by atoms with Crippen LogP contribution in [0.5, 0.6) is 17.2 Å². The summed E-state index contributed by atoms with van der Waals surface area (Å²) in [5, 5.41) is 7.83. The van der Waals surface area contributed by atoms with Crippen molar-refractivity contribution < 1.29 is 14.2 Å². The van der Waals surface area contributed by atoms with E-state index in [1.807, 2.05) is 55.5 Å². The van der Waals surface area contributed by atoms with E-state index in [1.54, 1.807) is 6.21 Å². The molecule has 0 radical (unpaired) electrons. The van der Waals surface area contributed by atoms with Gasteiger partial charge in [-0.15, -0.1) is 0 Å². The van der Waals surface area contributed by atoms with Crippen molar-refractivity contribution in [3.05, 3.63) is 89.5 Å². The lowest BCUT2D eigenvalue weighted by Gasteiger charge is -2.22. The van der Waals surface area contributed by atoms with Crippen molar-refractivity contribution in [2.24, 2.45) is 5.10 Å². The Kier molecular flexibility index (Phi) is 10.8. The molecule has 0 bridgehead atoms. The monoisotopic (exact) mass is 531 g/mol. The predicted molar refractivity (Wildman–Crippen MR) is 157 cm³/mol. The molecule has 200 valence electrons. The molecule has 0 unspecified atom stereocenters. The van der Waals surface area contributed by atoms with Gasteiger partial charge in [0.1, 0.15) is 19.0 Å². The zero-order valence-corrected chi connectivity index (χ0v) is 22.8. The van der Waals surface area contributed by atoms with E-state index in [9.17, 15) is 0 Å². The molecule has 0 heterocycles. The highest BCUT2D eigenvalue weighted by molar-refractivity contribution is 7.80. The van der Waals surface area contributed by atoms with E-state index < -0.39 is 0 Å². The molecule has 0 saturated heterocycles. The predicted octanol–water partition coefficient (Wildman–Crippen LogP) is 6.59. The van der Waals surface area contributed by atoms with Crippen LogP contribution in [-0.2, 0) is 6.54 Å². The second kappa shape index (κ2) is 15.0. The first-order chi connectivity index (χ1) is 18.7. The van der Waals surface area contributed by atoms with Crippen molar-refractivity contribution in [1.29, 1.82) is 0 Å². The van der Waals surface area contributed by atoms with Crippen molar-refractivity contribution in [1.82, 2.24) is 10.7 Å². The lowest BCUT2D eigenvalue weighted by molar-refractivity contribution is 0.208. The summed E-state index contributed by atoms with van der Waals surface area (Å²) in [4.78, 5) is 0. The molecule has 1 aliphatic rings. The first-order valence-electron chi connectivity index (χ1n) is 13.4. The fourth-order valence-electron chi connectivity index (χ4n) is 4.56. The number of hydrazone groups is 1. The fourth-order valence-corrected chi connectivity index (χ4v) is 4.68. The van der Waals surface area contributed by atoms with Crippen molar-refractivity contribution in [3.8, 4) is 17.2 Å². The number of nitrogens with one attached hydrogen (secondary N) is 2. The molecule has 6 nitrogen and oxygen atoms in total. The summed E-state index contributed by atoms with van der Waals surface area (Å²) in [5.41, 5.74) is 6.29. The van der Waals surface area contributed by atoms with Crippen LogP contribution in [-0.4, -0.2) is 31.1 Å². The molecule has 3 aromatic carbocycles. The van der Waals surface area contributed by atoms with Crippen LogP contribution < -0.4 is 25.0 Å². The number of benzene rings is 3. The quantitative estimate of drug-likeness (QED) is 0.119. The number of hydrogen-bond acceptors (Lipinski definition) is 5. The summed E-state index contributed by atoms with van der Waals surface area (Å²) in [6.07, 6.45) is 8.36. The van der Waals surface area contributed by atoms with Crippen molar-refractivity contribution in [2.45, 2.75) is 51.5 Å². The van der Waals surface area contributed by atoms with Crippen LogP contribution >= 0.6 is 12.2 Å². The molecule has 0 aliphatic heterocycles. The first-order valence-corrected chi connectivity index (χ1v) is 13.9. The summed E-state index contributed by atoms with van der Waals surface area (Å²) in [7, 11) is 0. The van der Waals surface area contributed by atoms with Crippen molar-refractivity contribution >= 4 is 23.5 Å². The number of rotatable bonds is 12. The molecule has 2 N–H and O–H groups in total. The molecular weight excluding hydrogens is 494 g/mol. The summed E-state index contributed by atoms with van der Waals surface area (Å²) < 4.78 is 17.7. The maximum Gasteiger partial charge on any atom is 0.187 e. The highest BCUT2D eigenvalue weighted by Gasteiger charge is 2.15. The summed E-state index contributed by atoms with van der Waals surface area (Å²) in [5.74, 6) is 2.91. The molecular formula is C31H37N3O3S. The lowest BCUT2D eigenvalue weighted by atomic mass is 9.84. The molecule has 0 aromatic heterocycles. The van der Waals surface area contributed by atoms with Crippen LogP contribution in [0.15, 0.2) is 77.9 Å². The fraction of sp³-hybridized carbons (Fsp3) is 0.355.